The lowest BCUT2D eigenvalue weighted by molar-refractivity contribution is -0.141. The molecule has 5 aliphatic rings. The first kappa shape index (κ1) is 23.2. The van der Waals surface area contributed by atoms with Crippen LogP contribution in [0.3, 0.4) is 0 Å². The maximum atomic E-state index is 7.56. The van der Waals surface area contributed by atoms with E-state index < -0.39 is 0 Å². The number of hydrogen-bond acceptors (Lipinski definition) is 2. The Hall–Kier alpha value is -1.90. The van der Waals surface area contributed by atoms with Crippen LogP contribution in [0.1, 0.15) is 90.5 Å². The lowest BCUT2D eigenvalue weighted by Crippen LogP contribution is -2.56. The normalized spacial score (nSPS) is 39.1. The molecule has 0 amide bonds. The number of hydrogen-bond donors (Lipinski definition) is 0. The summed E-state index contributed by atoms with van der Waals surface area (Å²) in [7, 11) is 0. The fourth-order valence-corrected chi connectivity index (χ4v) is 9.68. The van der Waals surface area contributed by atoms with Gasteiger partial charge in [-0.1, -0.05) is 68.5 Å². The van der Waals surface area contributed by atoms with E-state index in [1.165, 1.54) is 62.1 Å². The molecule has 2 heteroatoms. The van der Waals surface area contributed by atoms with Crippen LogP contribution < -0.4 is 0 Å². The van der Waals surface area contributed by atoms with E-state index in [0.29, 0.717) is 23.9 Å². The Morgan fingerprint density at radius 2 is 1.86 bits per heavy atom. The molecule has 0 N–H and O–H groups in total. The molecule has 36 heavy (non-hydrogen) atoms. The summed E-state index contributed by atoms with van der Waals surface area (Å²) in [6.45, 7) is 10.8. The monoisotopic (exact) mass is 481 g/mol. The fraction of sp³-hybridized carbons (Fsp3) is 0.588. The molecule has 190 valence electrons. The van der Waals surface area contributed by atoms with E-state index in [0.717, 1.165) is 6.54 Å². The molecule has 2 nitrogen and oxygen atoms in total. The van der Waals surface area contributed by atoms with Gasteiger partial charge in [0.25, 0.3) is 0 Å². The molecule has 0 unspecified atom stereocenters. The van der Waals surface area contributed by atoms with E-state index >= 15 is 0 Å². The van der Waals surface area contributed by atoms with Crippen molar-refractivity contribution in [3.63, 3.8) is 0 Å². The van der Waals surface area contributed by atoms with Crippen LogP contribution in [0.25, 0.3) is 10.8 Å². The number of allylic oxidation sites excluding steroid dienone is 1. The molecule has 1 saturated heterocycles. The lowest BCUT2D eigenvalue weighted by Gasteiger charge is -2.55. The Morgan fingerprint density at radius 3 is 2.67 bits per heavy atom. The van der Waals surface area contributed by atoms with Gasteiger partial charge in [-0.15, -0.1) is 0 Å². The summed E-state index contributed by atoms with van der Waals surface area (Å²) in [6.07, 6.45) is 15.1. The predicted octanol–water partition coefficient (Wildman–Crippen LogP) is 8.18. The van der Waals surface area contributed by atoms with E-state index in [-0.39, 0.29) is 16.6 Å². The third-order valence-corrected chi connectivity index (χ3v) is 11.3. The van der Waals surface area contributed by atoms with Crippen LogP contribution in [-0.4, -0.2) is 34.7 Å². The van der Waals surface area contributed by atoms with Gasteiger partial charge >= 0.3 is 0 Å². The SMILES string of the molecule is CCN(C(C)C)[C@H]1CCC2=CC3=CC[C@]4(C)[C@@H](c5ccc6ccccc6c5)CC[C@H]4[C@@]34CC[C@]2(C1)O4. The van der Waals surface area contributed by atoms with Crippen LogP contribution in [0.2, 0.25) is 0 Å². The molecule has 2 saturated carbocycles. The minimum atomic E-state index is -0.0567. The van der Waals surface area contributed by atoms with E-state index in [1.54, 1.807) is 16.7 Å². The van der Waals surface area contributed by atoms with Gasteiger partial charge in [-0.05, 0) is 116 Å². The van der Waals surface area contributed by atoms with Crippen molar-refractivity contribution in [2.45, 2.75) is 108 Å². The average molecular weight is 482 g/mol. The van der Waals surface area contributed by atoms with E-state index in [1.807, 2.05) is 0 Å². The third-order valence-electron chi connectivity index (χ3n) is 11.3. The van der Waals surface area contributed by atoms with Crippen LogP contribution in [-0.2, 0) is 4.74 Å². The maximum Gasteiger partial charge on any atom is 0.0974 e. The first-order valence-electron chi connectivity index (χ1n) is 14.7. The van der Waals surface area contributed by atoms with Crippen molar-refractivity contribution >= 4 is 10.8 Å². The standard InChI is InChI=1S/C34H43NO/c1-5-35(23(2)3)29-13-12-27-21-28-16-17-32(4)30(26-11-10-24-8-6-7-9-25(24)20-26)14-15-31(32)34(28)19-18-33(27,22-29)36-34/h6-11,16,20-21,23,29-31H,5,12-15,17-19,22H2,1-4H3/t29-,30+,31+,32+,33+,34+/m0/s1. The van der Waals surface area contributed by atoms with Crippen LogP contribution >= 0.6 is 0 Å². The third kappa shape index (κ3) is 3.10. The van der Waals surface area contributed by atoms with Crippen molar-refractivity contribution in [2.24, 2.45) is 11.3 Å². The molecular formula is C34H43NO. The van der Waals surface area contributed by atoms with E-state index in [4.69, 9.17) is 4.74 Å². The Bertz CT molecular complexity index is 1260. The van der Waals surface area contributed by atoms with Crippen LogP contribution in [0.5, 0.6) is 0 Å². The minimum absolute atomic E-state index is 0.0121. The predicted molar refractivity (Wildman–Crippen MR) is 149 cm³/mol. The zero-order chi connectivity index (χ0) is 24.7. The van der Waals surface area contributed by atoms with Crippen molar-refractivity contribution in [2.75, 3.05) is 6.54 Å². The molecule has 0 radical (unpaired) electrons. The van der Waals surface area contributed by atoms with Gasteiger partial charge in [0.2, 0.25) is 0 Å². The van der Waals surface area contributed by atoms with Crippen molar-refractivity contribution in [3.8, 4) is 0 Å². The summed E-state index contributed by atoms with van der Waals surface area (Å²) in [5.41, 5.74) is 4.90. The van der Waals surface area contributed by atoms with Gasteiger partial charge in [0, 0.05) is 12.1 Å². The summed E-state index contributed by atoms with van der Waals surface area (Å²) in [4.78, 5) is 2.72. The highest BCUT2D eigenvalue weighted by Gasteiger charge is 2.66. The topological polar surface area (TPSA) is 12.5 Å². The average Bonchev–Trinajstić information content (AvgIpc) is 3.39. The molecule has 2 aliphatic heterocycles. The van der Waals surface area contributed by atoms with Crippen LogP contribution in [0, 0.1) is 11.3 Å². The highest BCUT2D eigenvalue weighted by molar-refractivity contribution is 5.83. The Morgan fingerprint density at radius 1 is 1.03 bits per heavy atom. The van der Waals surface area contributed by atoms with Crippen molar-refractivity contribution in [3.05, 3.63) is 71.3 Å². The molecule has 2 heterocycles. The quantitative estimate of drug-likeness (QED) is 0.436. The summed E-state index contributed by atoms with van der Waals surface area (Å²) < 4.78 is 7.56. The molecule has 2 aromatic carbocycles. The molecule has 2 bridgehead atoms. The molecule has 7 rings (SSSR count). The van der Waals surface area contributed by atoms with Gasteiger partial charge in [0.1, 0.15) is 0 Å². The van der Waals surface area contributed by atoms with E-state index in [2.05, 4.69) is 87.2 Å². The second kappa shape index (κ2) is 8.05. The Balaban J connectivity index is 1.24. The van der Waals surface area contributed by atoms with E-state index in [9.17, 15) is 0 Å². The molecule has 2 spiro atoms. The maximum absolute atomic E-state index is 7.56. The number of fused-ring (bicyclic) bond motifs is 2. The molecule has 2 aromatic rings. The zero-order valence-electron chi connectivity index (χ0n) is 22.7. The zero-order valence-corrected chi connectivity index (χ0v) is 22.7. The smallest absolute Gasteiger partial charge is 0.0974 e. The molecular weight excluding hydrogens is 438 g/mol. The summed E-state index contributed by atoms with van der Waals surface area (Å²) >= 11 is 0. The van der Waals surface area contributed by atoms with Crippen molar-refractivity contribution < 1.29 is 4.74 Å². The Labute approximate surface area is 217 Å². The van der Waals surface area contributed by atoms with Crippen molar-refractivity contribution in [1.29, 1.82) is 0 Å². The highest BCUT2D eigenvalue weighted by atomic mass is 16.5. The number of rotatable bonds is 4. The molecule has 6 atom stereocenters. The minimum Gasteiger partial charge on any atom is -0.359 e. The van der Waals surface area contributed by atoms with Gasteiger partial charge in [-0.3, -0.25) is 4.90 Å². The second-order valence-corrected chi connectivity index (χ2v) is 13.1. The summed E-state index contributed by atoms with van der Waals surface area (Å²) in [6, 6.07) is 17.3. The van der Waals surface area contributed by atoms with Crippen molar-refractivity contribution in [1.82, 2.24) is 4.90 Å². The van der Waals surface area contributed by atoms with Crippen LogP contribution in [0.4, 0.5) is 0 Å². The molecule has 3 aliphatic carbocycles. The fourth-order valence-electron chi connectivity index (χ4n) is 9.68. The number of benzene rings is 2. The van der Waals surface area contributed by atoms with Gasteiger partial charge in [0.05, 0.1) is 11.2 Å². The summed E-state index contributed by atoms with van der Waals surface area (Å²) in [5, 5.41) is 2.73. The Kier molecular flexibility index (Phi) is 5.19. The highest BCUT2D eigenvalue weighted by Crippen LogP contribution is 2.69. The molecule has 3 fully saturated rings. The lowest BCUT2D eigenvalue weighted by atomic mass is 9.58. The van der Waals surface area contributed by atoms with Crippen LogP contribution in [0.15, 0.2) is 65.8 Å². The van der Waals surface area contributed by atoms with Gasteiger partial charge < -0.3 is 4.74 Å². The number of ether oxygens (including phenoxy) is 1. The van der Waals surface area contributed by atoms with Gasteiger partial charge in [0.15, 0.2) is 0 Å². The summed E-state index contributed by atoms with van der Waals surface area (Å²) in [5.74, 6) is 1.23. The van der Waals surface area contributed by atoms with Gasteiger partial charge in [-0.2, -0.15) is 0 Å². The number of nitrogens with zero attached hydrogens (tertiary/aromatic N) is 1. The largest absolute Gasteiger partial charge is 0.359 e. The molecule has 0 aromatic heterocycles. The van der Waals surface area contributed by atoms with Gasteiger partial charge in [-0.25, -0.2) is 0 Å². The first-order valence-corrected chi connectivity index (χ1v) is 14.7. The first-order chi connectivity index (χ1) is 17.4. The second-order valence-electron chi connectivity index (χ2n) is 13.1.